The number of carbonyl (C=O) groups is 1. The number of hydrogen-bond donors (Lipinski definition) is 1. The zero-order chi connectivity index (χ0) is 9.14. The second-order valence-electron chi connectivity index (χ2n) is 2.16. The third kappa shape index (κ3) is 1.93. The van der Waals surface area contributed by atoms with Crippen molar-refractivity contribution in [2.75, 3.05) is 7.11 Å². The minimum Gasteiger partial charge on any atom is -0.465 e. The highest BCUT2D eigenvalue weighted by molar-refractivity contribution is 7.80. The number of hydrogen-bond acceptors (Lipinski definition) is 3. The molecular formula is C8H7ClO2S. The summed E-state index contributed by atoms with van der Waals surface area (Å²) in [7, 11) is 1.31. The molecule has 12 heavy (non-hydrogen) atoms. The maximum Gasteiger partial charge on any atom is 0.339 e. The number of halogens is 1. The molecule has 1 aromatic rings. The lowest BCUT2D eigenvalue weighted by Crippen LogP contribution is -2.01. The van der Waals surface area contributed by atoms with Crippen LogP contribution in [0.25, 0.3) is 0 Å². The molecule has 0 saturated carbocycles. The van der Waals surface area contributed by atoms with Crippen LogP contribution in [-0.4, -0.2) is 13.1 Å². The first-order chi connectivity index (χ1) is 5.65. The van der Waals surface area contributed by atoms with Gasteiger partial charge < -0.3 is 4.74 Å². The highest BCUT2D eigenvalue weighted by Crippen LogP contribution is 2.20. The van der Waals surface area contributed by atoms with Crippen molar-refractivity contribution in [1.29, 1.82) is 0 Å². The van der Waals surface area contributed by atoms with Crippen LogP contribution < -0.4 is 0 Å². The normalized spacial score (nSPS) is 9.58. The van der Waals surface area contributed by atoms with Gasteiger partial charge in [-0.15, -0.1) is 12.6 Å². The van der Waals surface area contributed by atoms with Crippen molar-refractivity contribution < 1.29 is 9.53 Å². The summed E-state index contributed by atoms with van der Waals surface area (Å²) in [6.45, 7) is 0. The summed E-state index contributed by atoms with van der Waals surface area (Å²) in [6.07, 6.45) is 0. The highest BCUT2D eigenvalue weighted by atomic mass is 35.5. The Kier molecular flexibility index (Phi) is 3.00. The minimum atomic E-state index is -0.437. The Bertz CT molecular complexity index is 312. The molecule has 0 aliphatic rings. The lowest BCUT2D eigenvalue weighted by molar-refractivity contribution is 0.0601. The average Bonchev–Trinajstić information content (AvgIpc) is 2.03. The van der Waals surface area contributed by atoms with Crippen LogP contribution >= 0.6 is 24.2 Å². The number of methoxy groups -OCH3 is 1. The van der Waals surface area contributed by atoms with E-state index in [1.807, 2.05) is 0 Å². The fraction of sp³-hybridized carbons (Fsp3) is 0.125. The van der Waals surface area contributed by atoms with Gasteiger partial charge in [-0.2, -0.15) is 0 Å². The Morgan fingerprint density at radius 2 is 2.25 bits per heavy atom. The second kappa shape index (κ2) is 3.83. The van der Waals surface area contributed by atoms with Gasteiger partial charge in [0.15, 0.2) is 0 Å². The monoisotopic (exact) mass is 202 g/mol. The van der Waals surface area contributed by atoms with E-state index in [4.69, 9.17) is 11.6 Å². The Morgan fingerprint density at radius 3 is 2.75 bits per heavy atom. The van der Waals surface area contributed by atoms with Gasteiger partial charge in [0.05, 0.1) is 17.7 Å². The summed E-state index contributed by atoms with van der Waals surface area (Å²) in [5, 5.41) is 0.356. The lowest BCUT2D eigenvalue weighted by atomic mass is 10.2. The van der Waals surface area contributed by atoms with Gasteiger partial charge in [0, 0.05) is 4.90 Å². The zero-order valence-electron chi connectivity index (χ0n) is 6.37. The molecule has 0 spiro atoms. The molecule has 0 atom stereocenters. The second-order valence-corrected chi connectivity index (χ2v) is 3.08. The fourth-order valence-electron chi connectivity index (χ4n) is 0.780. The molecule has 0 amide bonds. The van der Waals surface area contributed by atoms with Gasteiger partial charge >= 0.3 is 5.97 Å². The van der Waals surface area contributed by atoms with Crippen LogP contribution in [0.2, 0.25) is 5.02 Å². The lowest BCUT2D eigenvalue weighted by Gasteiger charge is -2.01. The van der Waals surface area contributed by atoms with E-state index in [2.05, 4.69) is 17.4 Å². The van der Waals surface area contributed by atoms with Crippen LogP contribution in [0.15, 0.2) is 23.1 Å². The van der Waals surface area contributed by atoms with Gasteiger partial charge in [0.2, 0.25) is 0 Å². The Hall–Kier alpha value is -0.670. The van der Waals surface area contributed by atoms with E-state index in [9.17, 15) is 4.79 Å². The quantitative estimate of drug-likeness (QED) is 0.559. The largest absolute Gasteiger partial charge is 0.465 e. The summed E-state index contributed by atoms with van der Waals surface area (Å²) in [5.41, 5.74) is 0.358. The number of ether oxygens (including phenoxy) is 1. The predicted octanol–water partition coefficient (Wildman–Crippen LogP) is 2.42. The molecule has 0 radical (unpaired) electrons. The highest BCUT2D eigenvalue weighted by Gasteiger charge is 2.09. The predicted molar refractivity (Wildman–Crippen MR) is 50.0 cm³/mol. The molecule has 0 aliphatic heterocycles. The first kappa shape index (κ1) is 9.42. The molecule has 64 valence electrons. The van der Waals surface area contributed by atoms with Crippen molar-refractivity contribution in [3.8, 4) is 0 Å². The van der Waals surface area contributed by atoms with Crippen molar-refractivity contribution in [3.63, 3.8) is 0 Å². The molecule has 0 heterocycles. The van der Waals surface area contributed by atoms with Crippen LogP contribution in [0, 0.1) is 0 Å². The van der Waals surface area contributed by atoms with E-state index in [1.165, 1.54) is 7.11 Å². The smallest absolute Gasteiger partial charge is 0.339 e. The summed E-state index contributed by atoms with van der Waals surface area (Å²) in [6, 6.07) is 4.86. The first-order valence-electron chi connectivity index (χ1n) is 3.22. The van der Waals surface area contributed by atoms with E-state index in [-0.39, 0.29) is 0 Å². The Balaban J connectivity index is 3.09. The van der Waals surface area contributed by atoms with Crippen LogP contribution in [0.4, 0.5) is 0 Å². The SMILES string of the molecule is COC(=O)c1ccc(S)cc1Cl. The van der Waals surface area contributed by atoms with Crippen molar-refractivity contribution >= 4 is 30.2 Å². The summed E-state index contributed by atoms with van der Waals surface area (Å²) in [4.78, 5) is 11.7. The van der Waals surface area contributed by atoms with Gasteiger partial charge in [-0.3, -0.25) is 0 Å². The molecule has 0 aromatic heterocycles. The van der Waals surface area contributed by atoms with Crippen LogP contribution in [0.5, 0.6) is 0 Å². The molecule has 4 heteroatoms. The third-order valence-electron chi connectivity index (χ3n) is 1.36. The molecule has 0 saturated heterocycles. The van der Waals surface area contributed by atoms with Gasteiger partial charge in [-0.1, -0.05) is 11.6 Å². The van der Waals surface area contributed by atoms with Crippen LogP contribution in [-0.2, 0) is 4.74 Å². The molecule has 1 rings (SSSR count). The van der Waals surface area contributed by atoms with Crippen LogP contribution in [0.3, 0.4) is 0 Å². The van der Waals surface area contributed by atoms with Gasteiger partial charge in [0.1, 0.15) is 0 Å². The van der Waals surface area contributed by atoms with E-state index in [0.29, 0.717) is 15.5 Å². The molecule has 0 N–H and O–H groups in total. The van der Waals surface area contributed by atoms with E-state index in [0.717, 1.165) is 0 Å². The third-order valence-corrected chi connectivity index (χ3v) is 1.95. The maximum absolute atomic E-state index is 11.0. The molecule has 1 aromatic carbocycles. The van der Waals surface area contributed by atoms with Crippen LogP contribution in [0.1, 0.15) is 10.4 Å². The number of carbonyl (C=O) groups excluding carboxylic acids is 1. The van der Waals surface area contributed by atoms with Crippen molar-refractivity contribution in [2.45, 2.75) is 4.90 Å². The molecule has 0 unspecified atom stereocenters. The average molecular weight is 203 g/mol. The molecule has 0 fully saturated rings. The summed E-state index contributed by atoms with van der Waals surface area (Å²) in [5.74, 6) is -0.437. The molecule has 0 aliphatic carbocycles. The summed E-state index contributed by atoms with van der Waals surface area (Å²) < 4.78 is 4.51. The van der Waals surface area contributed by atoms with E-state index < -0.39 is 5.97 Å². The van der Waals surface area contributed by atoms with Gasteiger partial charge in [0.25, 0.3) is 0 Å². The Labute approximate surface area is 80.9 Å². The number of thiol groups is 1. The Morgan fingerprint density at radius 1 is 1.58 bits per heavy atom. The van der Waals surface area contributed by atoms with E-state index in [1.54, 1.807) is 18.2 Å². The maximum atomic E-state index is 11.0. The number of rotatable bonds is 1. The fourth-order valence-corrected chi connectivity index (χ4v) is 1.32. The van der Waals surface area contributed by atoms with E-state index >= 15 is 0 Å². The van der Waals surface area contributed by atoms with Crippen molar-refractivity contribution in [3.05, 3.63) is 28.8 Å². The standard InChI is InChI=1S/C8H7ClO2S/c1-11-8(10)6-3-2-5(12)4-7(6)9/h2-4,12H,1H3. The molecule has 0 bridgehead atoms. The summed E-state index contributed by atoms with van der Waals surface area (Å²) >= 11 is 9.82. The number of benzene rings is 1. The van der Waals surface area contributed by atoms with Crippen molar-refractivity contribution in [2.24, 2.45) is 0 Å². The first-order valence-corrected chi connectivity index (χ1v) is 4.04. The zero-order valence-corrected chi connectivity index (χ0v) is 8.02. The van der Waals surface area contributed by atoms with Gasteiger partial charge in [-0.25, -0.2) is 4.79 Å². The van der Waals surface area contributed by atoms with Gasteiger partial charge in [-0.05, 0) is 18.2 Å². The minimum absolute atomic E-state index is 0.356. The molecular weight excluding hydrogens is 196 g/mol. The molecule has 2 nitrogen and oxygen atoms in total. The topological polar surface area (TPSA) is 26.3 Å². The van der Waals surface area contributed by atoms with Crippen molar-refractivity contribution in [1.82, 2.24) is 0 Å². The number of esters is 1.